The maximum absolute atomic E-state index is 6.57. The first-order valence-corrected chi connectivity index (χ1v) is 23.4. The number of fused-ring (bicyclic) bond motifs is 5. The summed E-state index contributed by atoms with van der Waals surface area (Å²) < 4.78 is 18.7. The Kier molecular flexibility index (Phi) is 20.0. The van der Waals surface area contributed by atoms with E-state index < -0.39 is 0 Å². The van der Waals surface area contributed by atoms with Crippen molar-refractivity contribution in [2.45, 2.75) is 195 Å². The lowest BCUT2D eigenvalue weighted by atomic mass is 9.47. The van der Waals surface area contributed by atoms with Gasteiger partial charge in [-0.2, -0.15) is 0 Å². The highest BCUT2D eigenvalue weighted by Gasteiger charge is 2.59. The molecule has 0 N–H and O–H groups in total. The number of ether oxygens (including phenoxy) is 3. The van der Waals surface area contributed by atoms with Crippen molar-refractivity contribution in [3.05, 3.63) is 23.8 Å². The first-order chi connectivity index (χ1) is 25.6. The minimum atomic E-state index is 0.330. The Morgan fingerprint density at radius 2 is 1.45 bits per heavy atom. The van der Waals surface area contributed by atoms with Crippen LogP contribution in [0.3, 0.4) is 0 Å². The molecule has 0 radical (unpaired) electrons. The van der Waals surface area contributed by atoms with Crippen LogP contribution >= 0.6 is 0 Å². The van der Waals surface area contributed by atoms with Gasteiger partial charge in [-0.1, -0.05) is 117 Å². The fraction of sp³-hybridized carbons (Fsp3) is 0.918. The molecular weight excluding hydrogens is 651 g/mol. The van der Waals surface area contributed by atoms with Gasteiger partial charge in [0.2, 0.25) is 0 Å². The van der Waals surface area contributed by atoms with Crippen molar-refractivity contribution in [3.8, 4) is 0 Å². The number of likely N-dealkylation sites (N-methyl/N-ethyl adjacent to an activating group) is 1. The molecule has 3 unspecified atom stereocenters. The summed E-state index contributed by atoms with van der Waals surface area (Å²) in [5, 5.41) is 0. The van der Waals surface area contributed by atoms with Crippen molar-refractivity contribution >= 4 is 0 Å². The van der Waals surface area contributed by atoms with Crippen molar-refractivity contribution in [1.29, 1.82) is 0 Å². The zero-order chi connectivity index (χ0) is 38.1. The Hall–Kier alpha value is -0.680. The van der Waals surface area contributed by atoms with Crippen molar-refractivity contribution in [2.24, 2.45) is 46.3 Å². The Labute approximate surface area is 330 Å². The molecule has 53 heavy (non-hydrogen) atoms. The standard InChI is InChI=1S/C49H89NO3/c1-9-10-11-12-13-14-16-19-33-51-37-42(50(7)8)38-52-34-20-17-15-18-21-35-53-43-29-31-48(5)41(36-43)25-26-44-46-28-27-45(40(4)24-22-23-39(2)3)49(46,6)32-30-47(44)48/h13-14,25,39-40,42-47H,9-12,15-24,26-38H2,1-8H3/b14-13-/t40-,42+,43+,44?,45-,46?,47?,48+,49-/m1/s1. The fourth-order valence-electron chi connectivity index (χ4n) is 11.7. The lowest BCUT2D eigenvalue weighted by molar-refractivity contribution is -0.0641. The third-order valence-corrected chi connectivity index (χ3v) is 15.2. The van der Waals surface area contributed by atoms with Crippen LogP contribution in [0.1, 0.15) is 183 Å². The summed E-state index contributed by atoms with van der Waals surface area (Å²) >= 11 is 0. The van der Waals surface area contributed by atoms with E-state index in [1.807, 2.05) is 0 Å². The summed E-state index contributed by atoms with van der Waals surface area (Å²) in [4.78, 5) is 2.24. The largest absolute Gasteiger partial charge is 0.380 e. The van der Waals surface area contributed by atoms with Gasteiger partial charge < -0.3 is 19.1 Å². The second kappa shape index (κ2) is 23.5. The van der Waals surface area contributed by atoms with Crippen LogP contribution in [0.2, 0.25) is 0 Å². The molecule has 0 aromatic carbocycles. The molecule has 0 aromatic heterocycles. The highest BCUT2D eigenvalue weighted by molar-refractivity contribution is 5.25. The number of unbranched alkanes of at least 4 members (excludes halogenated alkanes) is 8. The second-order valence-corrected chi connectivity index (χ2v) is 19.7. The van der Waals surface area contributed by atoms with E-state index in [2.05, 4.69) is 78.8 Å². The minimum absolute atomic E-state index is 0.330. The lowest BCUT2D eigenvalue weighted by Gasteiger charge is -2.58. The smallest absolute Gasteiger partial charge is 0.0644 e. The third kappa shape index (κ3) is 13.5. The van der Waals surface area contributed by atoms with Crippen LogP contribution in [0, 0.1) is 46.3 Å². The maximum atomic E-state index is 6.57. The average Bonchev–Trinajstić information content (AvgIpc) is 3.49. The highest BCUT2D eigenvalue weighted by Crippen LogP contribution is 2.67. The zero-order valence-electron chi connectivity index (χ0n) is 36.6. The quantitative estimate of drug-likeness (QED) is 0.0620. The van der Waals surface area contributed by atoms with Gasteiger partial charge in [-0.25, -0.2) is 0 Å². The third-order valence-electron chi connectivity index (χ3n) is 15.2. The molecular formula is C49H89NO3. The predicted molar refractivity (Wildman–Crippen MR) is 227 cm³/mol. The van der Waals surface area contributed by atoms with Crippen molar-refractivity contribution < 1.29 is 14.2 Å². The van der Waals surface area contributed by atoms with Crippen LogP contribution in [-0.4, -0.2) is 64.2 Å². The molecule has 4 aliphatic rings. The monoisotopic (exact) mass is 740 g/mol. The lowest BCUT2D eigenvalue weighted by Crippen LogP contribution is -2.51. The summed E-state index contributed by atoms with van der Waals surface area (Å²) in [6.45, 7) is 19.2. The fourth-order valence-corrected chi connectivity index (χ4v) is 11.7. The molecule has 9 atom stereocenters. The molecule has 0 spiro atoms. The molecule has 0 bridgehead atoms. The van der Waals surface area contributed by atoms with Crippen LogP contribution in [0.25, 0.3) is 0 Å². The molecule has 4 nitrogen and oxygen atoms in total. The van der Waals surface area contributed by atoms with E-state index in [9.17, 15) is 0 Å². The van der Waals surface area contributed by atoms with Gasteiger partial charge in [-0.15, -0.1) is 0 Å². The first-order valence-electron chi connectivity index (χ1n) is 23.4. The normalized spacial score (nSPS) is 31.1. The summed E-state index contributed by atoms with van der Waals surface area (Å²) in [6.07, 6.45) is 36.8. The van der Waals surface area contributed by atoms with Crippen LogP contribution in [0.15, 0.2) is 23.8 Å². The Balaban J connectivity index is 1.05. The summed E-state index contributed by atoms with van der Waals surface area (Å²) in [5.74, 6) is 5.49. The summed E-state index contributed by atoms with van der Waals surface area (Å²) in [5.41, 5.74) is 2.79. The highest BCUT2D eigenvalue weighted by atomic mass is 16.5. The van der Waals surface area contributed by atoms with E-state index in [0.717, 1.165) is 87.8 Å². The minimum Gasteiger partial charge on any atom is -0.380 e. The van der Waals surface area contributed by atoms with Gasteiger partial charge in [-0.05, 0) is 150 Å². The van der Waals surface area contributed by atoms with Crippen LogP contribution in [0.5, 0.6) is 0 Å². The van der Waals surface area contributed by atoms with Gasteiger partial charge in [0.05, 0.1) is 25.4 Å². The maximum Gasteiger partial charge on any atom is 0.0644 e. The van der Waals surface area contributed by atoms with Gasteiger partial charge >= 0.3 is 0 Å². The van der Waals surface area contributed by atoms with E-state index in [1.54, 1.807) is 5.57 Å². The van der Waals surface area contributed by atoms with Crippen LogP contribution in [-0.2, 0) is 14.2 Å². The second-order valence-electron chi connectivity index (χ2n) is 19.7. The molecule has 0 aliphatic heterocycles. The van der Waals surface area contributed by atoms with Gasteiger partial charge in [-0.3, -0.25) is 0 Å². The topological polar surface area (TPSA) is 30.9 Å². The molecule has 0 heterocycles. The van der Waals surface area contributed by atoms with E-state index in [-0.39, 0.29) is 0 Å². The first kappa shape index (κ1) is 45.0. The zero-order valence-corrected chi connectivity index (χ0v) is 36.6. The molecule has 4 heteroatoms. The van der Waals surface area contributed by atoms with Crippen LogP contribution in [0.4, 0.5) is 0 Å². The number of hydrogen-bond donors (Lipinski definition) is 0. The van der Waals surface area contributed by atoms with Gasteiger partial charge in [0.15, 0.2) is 0 Å². The summed E-state index contributed by atoms with van der Waals surface area (Å²) in [6, 6.07) is 0.330. The Bertz CT molecular complexity index is 1050. The van der Waals surface area contributed by atoms with Crippen molar-refractivity contribution in [2.75, 3.05) is 47.1 Å². The molecule has 308 valence electrons. The number of allylic oxidation sites excluding steroid dienone is 3. The van der Waals surface area contributed by atoms with E-state index in [1.165, 1.54) is 122 Å². The van der Waals surface area contributed by atoms with E-state index in [0.29, 0.717) is 23.0 Å². The summed E-state index contributed by atoms with van der Waals surface area (Å²) in [7, 11) is 4.27. The molecule has 0 saturated heterocycles. The number of nitrogens with zero attached hydrogens (tertiary/aromatic N) is 1. The SMILES string of the molecule is CCCCC/C=C\CCCOC[C@@H](COCCCCCCCO[C@H]1CC[C@@]2(C)C(=CCC3C2CC[C@@]2(C)C3CC[C@@H]2[C@H](C)CCCC(C)C)C1)N(C)C. The molecule has 4 aliphatic carbocycles. The Morgan fingerprint density at radius 1 is 0.755 bits per heavy atom. The average molecular weight is 740 g/mol. The number of hydrogen-bond acceptors (Lipinski definition) is 4. The Morgan fingerprint density at radius 3 is 2.17 bits per heavy atom. The van der Waals surface area contributed by atoms with Crippen LogP contribution < -0.4 is 0 Å². The van der Waals surface area contributed by atoms with Gasteiger partial charge in [0.25, 0.3) is 0 Å². The molecule has 0 amide bonds. The predicted octanol–water partition coefficient (Wildman–Crippen LogP) is 13.2. The number of rotatable bonds is 27. The van der Waals surface area contributed by atoms with Crippen molar-refractivity contribution in [3.63, 3.8) is 0 Å². The molecule has 0 aromatic rings. The molecule has 3 fully saturated rings. The van der Waals surface area contributed by atoms with Crippen molar-refractivity contribution in [1.82, 2.24) is 4.90 Å². The van der Waals surface area contributed by atoms with E-state index in [4.69, 9.17) is 14.2 Å². The molecule has 3 saturated carbocycles. The van der Waals surface area contributed by atoms with Gasteiger partial charge in [0.1, 0.15) is 0 Å². The molecule has 4 rings (SSSR count). The van der Waals surface area contributed by atoms with E-state index >= 15 is 0 Å². The van der Waals surface area contributed by atoms with Gasteiger partial charge in [0, 0.05) is 19.8 Å².